The van der Waals surface area contributed by atoms with Crippen LogP contribution in [0.5, 0.6) is 0 Å². The van der Waals surface area contributed by atoms with Gasteiger partial charge in [-0.05, 0) is 44.7 Å². The van der Waals surface area contributed by atoms with Gasteiger partial charge in [-0.1, -0.05) is 39.0 Å². The van der Waals surface area contributed by atoms with Crippen LogP contribution in [0.4, 0.5) is 0 Å². The number of ketones is 1. The van der Waals surface area contributed by atoms with Gasteiger partial charge in [0.05, 0.1) is 6.42 Å². The molecule has 122 valence electrons. The van der Waals surface area contributed by atoms with E-state index in [2.05, 4.69) is 11.8 Å². The zero-order valence-electron chi connectivity index (χ0n) is 13.8. The van der Waals surface area contributed by atoms with Crippen LogP contribution < -0.4 is 0 Å². The van der Waals surface area contributed by atoms with Gasteiger partial charge in [-0.2, -0.15) is 0 Å². The van der Waals surface area contributed by atoms with Crippen molar-refractivity contribution in [3.63, 3.8) is 0 Å². The van der Waals surface area contributed by atoms with E-state index in [4.69, 9.17) is 0 Å². The molecule has 1 aliphatic heterocycles. The van der Waals surface area contributed by atoms with Gasteiger partial charge in [-0.3, -0.25) is 4.79 Å². The van der Waals surface area contributed by atoms with Gasteiger partial charge in [0.15, 0.2) is 0 Å². The summed E-state index contributed by atoms with van der Waals surface area (Å²) in [4.78, 5) is 23.9. The third kappa shape index (κ3) is 9.78. The Kier molecular flexibility index (Phi) is 10.4. The van der Waals surface area contributed by atoms with Gasteiger partial charge in [0.25, 0.3) is 0 Å². The smallest absolute Gasteiger partial charge is 0.139 e. The van der Waals surface area contributed by atoms with Crippen LogP contribution in [-0.2, 0) is 9.59 Å². The molecular weight excluding hydrogens is 262 g/mol. The van der Waals surface area contributed by atoms with Crippen LogP contribution in [0.1, 0.15) is 77.6 Å². The lowest BCUT2D eigenvalue weighted by molar-refractivity contribution is -0.122. The lowest BCUT2D eigenvalue weighted by atomic mass is 10.00. The number of carbonyl (C=O) groups is 2. The average Bonchev–Trinajstić information content (AvgIpc) is 2.46. The van der Waals surface area contributed by atoms with Crippen molar-refractivity contribution >= 4 is 12.1 Å². The molecule has 0 aromatic rings. The van der Waals surface area contributed by atoms with Gasteiger partial charge in [0, 0.05) is 13.0 Å². The van der Waals surface area contributed by atoms with Crippen molar-refractivity contribution < 1.29 is 9.59 Å². The van der Waals surface area contributed by atoms with Crippen LogP contribution in [0.2, 0.25) is 0 Å². The maximum absolute atomic E-state index is 11.2. The first-order valence-electron chi connectivity index (χ1n) is 8.90. The number of piperidine rings is 1. The maximum Gasteiger partial charge on any atom is 0.139 e. The second-order valence-electron chi connectivity index (χ2n) is 6.68. The molecule has 1 aliphatic rings. The van der Waals surface area contributed by atoms with Gasteiger partial charge >= 0.3 is 0 Å². The Bertz CT molecular complexity index is 291. The Morgan fingerprint density at radius 3 is 2.43 bits per heavy atom. The Hall–Kier alpha value is -0.700. The molecule has 1 heterocycles. The topological polar surface area (TPSA) is 37.4 Å². The first-order valence-corrected chi connectivity index (χ1v) is 8.90. The Balaban J connectivity index is 1.82. The van der Waals surface area contributed by atoms with Crippen LogP contribution in [0.25, 0.3) is 0 Å². The van der Waals surface area contributed by atoms with Gasteiger partial charge in [0.1, 0.15) is 12.1 Å². The summed E-state index contributed by atoms with van der Waals surface area (Å²) in [5, 5.41) is 0. The number of likely N-dealkylation sites (tertiary alicyclic amines) is 1. The summed E-state index contributed by atoms with van der Waals surface area (Å²) in [5.74, 6) is 0.987. The van der Waals surface area contributed by atoms with Crippen molar-refractivity contribution in [3.8, 4) is 0 Å². The fourth-order valence-electron chi connectivity index (χ4n) is 3.23. The third-order valence-electron chi connectivity index (χ3n) is 4.48. The van der Waals surface area contributed by atoms with Gasteiger partial charge in [-0.25, -0.2) is 0 Å². The zero-order valence-corrected chi connectivity index (χ0v) is 13.8. The minimum Gasteiger partial charge on any atom is -0.303 e. The molecule has 1 fully saturated rings. The van der Waals surface area contributed by atoms with E-state index < -0.39 is 0 Å². The molecule has 0 aromatic heterocycles. The van der Waals surface area contributed by atoms with Crippen LogP contribution >= 0.6 is 0 Å². The minimum absolute atomic E-state index is 0.0979. The molecule has 0 spiro atoms. The van der Waals surface area contributed by atoms with Crippen LogP contribution in [-0.4, -0.2) is 36.6 Å². The molecule has 0 radical (unpaired) electrons. The summed E-state index contributed by atoms with van der Waals surface area (Å²) < 4.78 is 0. The number of hydrogen-bond acceptors (Lipinski definition) is 3. The van der Waals surface area contributed by atoms with Crippen LogP contribution in [0.15, 0.2) is 0 Å². The number of aldehydes is 1. The lowest BCUT2D eigenvalue weighted by Crippen LogP contribution is -2.34. The van der Waals surface area contributed by atoms with E-state index in [1.807, 2.05) is 0 Å². The molecule has 1 atom stereocenters. The Morgan fingerprint density at radius 2 is 1.76 bits per heavy atom. The summed E-state index contributed by atoms with van der Waals surface area (Å²) in [6.07, 6.45) is 12.8. The van der Waals surface area contributed by atoms with Crippen molar-refractivity contribution in [1.29, 1.82) is 0 Å². The summed E-state index contributed by atoms with van der Waals surface area (Å²) in [7, 11) is 0. The van der Waals surface area contributed by atoms with E-state index >= 15 is 0 Å². The number of nitrogens with zero attached hydrogens (tertiary/aromatic N) is 1. The van der Waals surface area contributed by atoms with E-state index in [1.54, 1.807) is 0 Å². The molecule has 0 N–H and O–H groups in total. The van der Waals surface area contributed by atoms with Crippen molar-refractivity contribution in [3.05, 3.63) is 0 Å². The monoisotopic (exact) mass is 295 g/mol. The molecule has 1 rings (SSSR count). The van der Waals surface area contributed by atoms with Crippen molar-refractivity contribution in [2.45, 2.75) is 77.6 Å². The second kappa shape index (κ2) is 11.9. The highest BCUT2D eigenvalue weighted by molar-refractivity contribution is 5.89. The molecule has 1 unspecified atom stereocenters. The van der Waals surface area contributed by atoms with Gasteiger partial charge < -0.3 is 9.69 Å². The molecule has 0 saturated carbocycles. The van der Waals surface area contributed by atoms with E-state index in [9.17, 15) is 9.59 Å². The number of hydrogen-bond donors (Lipinski definition) is 0. The van der Waals surface area contributed by atoms with Gasteiger partial charge in [-0.15, -0.1) is 0 Å². The predicted octanol–water partition coefficient (Wildman–Crippen LogP) is 4.00. The van der Waals surface area contributed by atoms with Crippen molar-refractivity contribution in [2.75, 3.05) is 19.6 Å². The summed E-state index contributed by atoms with van der Waals surface area (Å²) >= 11 is 0. The molecule has 3 nitrogen and oxygen atoms in total. The zero-order chi connectivity index (χ0) is 15.3. The third-order valence-corrected chi connectivity index (χ3v) is 4.48. The van der Waals surface area contributed by atoms with Crippen LogP contribution in [0.3, 0.4) is 0 Å². The predicted molar refractivity (Wildman–Crippen MR) is 87.5 cm³/mol. The highest BCUT2D eigenvalue weighted by atomic mass is 16.1. The normalized spacial score (nSPS) is 19.6. The summed E-state index contributed by atoms with van der Waals surface area (Å²) in [6.45, 7) is 6.25. The molecule has 21 heavy (non-hydrogen) atoms. The maximum atomic E-state index is 11.2. The summed E-state index contributed by atoms with van der Waals surface area (Å²) in [6, 6.07) is 0. The molecule has 1 saturated heterocycles. The molecular formula is C18H33NO2. The van der Waals surface area contributed by atoms with Crippen molar-refractivity contribution in [2.24, 2.45) is 5.92 Å². The Labute approximate surface area is 130 Å². The SMILES string of the molecule is CC1CCCN(CCCCCCCCCC(=O)CC=O)C1. The largest absolute Gasteiger partial charge is 0.303 e. The first kappa shape index (κ1) is 18.3. The fourth-order valence-corrected chi connectivity index (χ4v) is 3.23. The van der Waals surface area contributed by atoms with E-state index in [0.717, 1.165) is 18.8 Å². The molecule has 0 aliphatic carbocycles. The number of Topliss-reactive ketones (excluding diaryl/α,β-unsaturated/α-hetero) is 1. The minimum atomic E-state index is 0.0979. The fraction of sp³-hybridized carbons (Fsp3) is 0.889. The van der Waals surface area contributed by atoms with E-state index in [0.29, 0.717) is 12.7 Å². The standard InChI is InChI=1S/C18H33NO2/c1-17-10-9-14-19(16-17)13-8-6-4-2-3-5-7-11-18(21)12-15-20/h15,17H,2-14,16H2,1H3. The highest BCUT2D eigenvalue weighted by Gasteiger charge is 2.15. The average molecular weight is 295 g/mol. The van der Waals surface area contributed by atoms with Crippen LogP contribution in [0, 0.1) is 5.92 Å². The number of carbonyl (C=O) groups excluding carboxylic acids is 2. The quantitative estimate of drug-likeness (QED) is 0.310. The highest BCUT2D eigenvalue weighted by Crippen LogP contribution is 2.16. The molecule has 0 amide bonds. The second-order valence-corrected chi connectivity index (χ2v) is 6.68. The Morgan fingerprint density at radius 1 is 1.10 bits per heavy atom. The lowest BCUT2D eigenvalue weighted by Gasteiger charge is -2.30. The number of rotatable bonds is 12. The van der Waals surface area contributed by atoms with Crippen molar-refractivity contribution in [1.82, 2.24) is 4.90 Å². The molecule has 0 bridgehead atoms. The first-order chi connectivity index (χ1) is 10.2. The van der Waals surface area contributed by atoms with E-state index in [1.165, 1.54) is 64.6 Å². The number of unbranched alkanes of at least 4 members (excludes halogenated alkanes) is 6. The summed E-state index contributed by atoms with van der Waals surface area (Å²) in [5.41, 5.74) is 0. The molecule has 3 heteroatoms. The molecule has 0 aromatic carbocycles. The van der Waals surface area contributed by atoms with E-state index in [-0.39, 0.29) is 12.2 Å². The van der Waals surface area contributed by atoms with Gasteiger partial charge in [0.2, 0.25) is 0 Å².